The zero-order valence-corrected chi connectivity index (χ0v) is 14.9. The van der Waals surface area contributed by atoms with Gasteiger partial charge in [-0.1, -0.05) is 61.4 Å². The first-order valence-corrected chi connectivity index (χ1v) is 9.48. The van der Waals surface area contributed by atoms with Gasteiger partial charge in [-0.3, -0.25) is 9.59 Å². The Kier molecular flexibility index (Phi) is 4.74. The van der Waals surface area contributed by atoms with E-state index in [1.54, 1.807) is 4.90 Å². The van der Waals surface area contributed by atoms with Crippen LogP contribution >= 0.6 is 0 Å². The van der Waals surface area contributed by atoms with Crippen molar-refractivity contribution in [2.75, 3.05) is 6.54 Å². The first-order chi connectivity index (χ1) is 12.7. The van der Waals surface area contributed by atoms with Crippen LogP contribution in [0, 0.1) is 0 Å². The normalized spacial score (nSPS) is 19.6. The van der Waals surface area contributed by atoms with Crippen LogP contribution in [0.5, 0.6) is 0 Å². The standard InChI is InChI=1S/C22H24N2O2/c25-21(23-17-10-4-5-11-17)20-18-12-6-7-13-19(18)22(26)24(20)15-14-16-8-2-1-3-9-16/h1-3,6-9,12-13,17,20H,4-5,10-11,14-15H2,(H,23,25)/t20-/m1/s1. The van der Waals surface area contributed by atoms with Crippen molar-refractivity contribution in [2.24, 2.45) is 0 Å². The Morgan fingerprint density at radius 2 is 1.69 bits per heavy atom. The molecule has 1 aliphatic heterocycles. The molecule has 2 amide bonds. The molecule has 4 heteroatoms. The van der Waals surface area contributed by atoms with Gasteiger partial charge in [0.1, 0.15) is 6.04 Å². The SMILES string of the molecule is O=C(NC1CCCC1)[C@H]1c2ccccc2C(=O)N1CCc1ccccc1. The van der Waals surface area contributed by atoms with Crippen LogP contribution in [0.4, 0.5) is 0 Å². The smallest absolute Gasteiger partial charge is 0.255 e. The molecule has 0 radical (unpaired) electrons. The minimum atomic E-state index is -0.511. The molecule has 1 atom stereocenters. The van der Waals surface area contributed by atoms with E-state index in [4.69, 9.17) is 0 Å². The van der Waals surface area contributed by atoms with Gasteiger partial charge in [0, 0.05) is 18.2 Å². The summed E-state index contributed by atoms with van der Waals surface area (Å²) < 4.78 is 0. The topological polar surface area (TPSA) is 49.4 Å². The molecule has 134 valence electrons. The van der Waals surface area contributed by atoms with Crippen LogP contribution in [0.2, 0.25) is 0 Å². The lowest BCUT2D eigenvalue weighted by atomic mass is 10.0. The second-order valence-corrected chi connectivity index (χ2v) is 7.21. The van der Waals surface area contributed by atoms with Gasteiger partial charge in [-0.15, -0.1) is 0 Å². The molecule has 26 heavy (non-hydrogen) atoms. The van der Waals surface area contributed by atoms with E-state index >= 15 is 0 Å². The van der Waals surface area contributed by atoms with Crippen LogP contribution < -0.4 is 5.32 Å². The van der Waals surface area contributed by atoms with Crippen molar-refractivity contribution in [2.45, 2.75) is 44.2 Å². The fourth-order valence-electron chi connectivity index (χ4n) is 4.13. The van der Waals surface area contributed by atoms with Gasteiger partial charge in [-0.05, 0) is 36.5 Å². The van der Waals surface area contributed by atoms with Crippen LogP contribution in [0.15, 0.2) is 54.6 Å². The van der Waals surface area contributed by atoms with E-state index < -0.39 is 6.04 Å². The molecule has 0 spiro atoms. The number of nitrogens with one attached hydrogen (secondary N) is 1. The van der Waals surface area contributed by atoms with Gasteiger partial charge in [0.15, 0.2) is 0 Å². The monoisotopic (exact) mass is 348 g/mol. The number of carbonyl (C=O) groups is 2. The molecular weight excluding hydrogens is 324 g/mol. The number of nitrogens with zero attached hydrogens (tertiary/aromatic N) is 1. The molecular formula is C22H24N2O2. The molecule has 2 aromatic carbocycles. The van der Waals surface area contributed by atoms with Crippen molar-refractivity contribution >= 4 is 11.8 Å². The molecule has 2 aromatic rings. The first-order valence-electron chi connectivity index (χ1n) is 9.48. The summed E-state index contributed by atoms with van der Waals surface area (Å²) >= 11 is 0. The predicted octanol–water partition coefficient (Wildman–Crippen LogP) is 3.49. The summed E-state index contributed by atoms with van der Waals surface area (Å²) in [4.78, 5) is 27.7. The van der Waals surface area contributed by atoms with Gasteiger partial charge in [0.25, 0.3) is 5.91 Å². The lowest BCUT2D eigenvalue weighted by Gasteiger charge is -2.26. The first kappa shape index (κ1) is 16.8. The largest absolute Gasteiger partial charge is 0.351 e. The fraction of sp³-hybridized carbons (Fsp3) is 0.364. The zero-order chi connectivity index (χ0) is 17.9. The van der Waals surface area contributed by atoms with Crippen molar-refractivity contribution in [1.29, 1.82) is 0 Å². The lowest BCUT2D eigenvalue weighted by molar-refractivity contribution is -0.126. The number of fused-ring (bicyclic) bond motifs is 1. The average Bonchev–Trinajstić information content (AvgIpc) is 3.27. The molecule has 1 N–H and O–H groups in total. The second kappa shape index (κ2) is 7.32. The summed E-state index contributed by atoms with van der Waals surface area (Å²) in [7, 11) is 0. The molecule has 0 aromatic heterocycles. The number of hydrogen-bond acceptors (Lipinski definition) is 2. The molecule has 4 nitrogen and oxygen atoms in total. The Labute approximate surface area is 154 Å². The molecule has 1 aliphatic carbocycles. The van der Waals surface area contributed by atoms with Crippen LogP contribution in [0.1, 0.15) is 53.2 Å². The van der Waals surface area contributed by atoms with Gasteiger partial charge in [-0.2, -0.15) is 0 Å². The van der Waals surface area contributed by atoms with Crippen LogP contribution in [0.25, 0.3) is 0 Å². The van der Waals surface area contributed by atoms with E-state index in [1.807, 2.05) is 42.5 Å². The summed E-state index contributed by atoms with van der Waals surface area (Å²) in [6.45, 7) is 0.542. The van der Waals surface area contributed by atoms with Gasteiger partial charge in [0.05, 0.1) is 0 Å². The highest BCUT2D eigenvalue weighted by atomic mass is 16.2. The third-order valence-corrected chi connectivity index (χ3v) is 5.49. The minimum absolute atomic E-state index is 0.0386. The maximum absolute atomic E-state index is 13.0. The summed E-state index contributed by atoms with van der Waals surface area (Å²) in [5.41, 5.74) is 2.67. The van der Waals surface area contributed by atoms with Crippen LogP contribution in [-0.4, -0.2) is 29.3 Å². The number of amides is 2. The maximum atomic E-state index is 13.0. The summed E-state index contributed by atoms with van der Waals surface area (Å²) in [6, 6.07) is 17.3. The van der Waals surface area contributed by atoms with Crippen molar-refractivity contribution in [3.05, 3.63) is 71.3 Å². The van der Waals surface area contributed by atoms with E-state index in [2.05, 4.69) is 17.4 Å². The number of hydrogen-bond donors (Lipinski definition) is 1. The number of carbonyl (C=O) groups excluding carboxylic acids is 2. The van der Waals surface area contributed by atoms with E-state index in [9.17, 15) is 9.59 Å². The van der Waals surface area contributed by atoms with E-state index in [-0.39, 0.29) is 17.9 Å². The number of rotatable bonds is 5. The quantitative estimate of drug-likeness (QED) is 0.899. The summed E-state index contributed by atoms with van der Waals surface area (Å²) in [5.74, 6) is -0.0774. The van der Waals surface area contributed by atoms with Crippen molar-refractivity contribution in [3.63, 3.8) is 0 Å². The van der Waals surface area contributed by atoms with Gasteiger partial charge in [-0.25, -0.2) is 0 Å². The van der Waals surface area contributed by atoms with Crippen LogP contribution in [-0.2, 0) is 11.2 Å². The lowest BCUT2D eigenvalue weighted by Crippen LogP contribution is -2.43. The van der Waals surface area contributed by atoms with Crippen molar-refractivity contribution in [1.82, 2.24) is 10.2 Å². The van der Waals surface area contributed by atoms with Gasteiger partial charge in [0.2, 0.25) is 5.91 Å². The second-order valence-electron chi connectivity index (χ2n) is 7.21. The van der Waals surface area contributed by atoms with Gasteiger partial charge >= 0.3 is 0 Å². The van der Waals surface area contributed by atoms with Crippen molar-refractivity contribution in [3.8, 4) is 0 Å². The molecule has 0 bridgehead atoms. The maximum Gasteiger partial charge on any atom is 0.255 e. The van der Waals surface area contributed by atoms with E-state index in [1.165, 1.54) is 18.4 Å². The van der Waals surface area contributed by atoms with Crippen molar-refractivity contribution < 1.29 is 9.59 Å². The highest BCUT2D eigenvalue weighted by molar-refractivity contribution is 6.04. The third-order valence-electron chi connectivity index (χ3n) is 5.49. The molecule has 4 rings (SSSR count). The third kappa shape index (κ3) is 3.24. The highest BCUT2D eigenvalue weighted by Crippen LogP contribution is 2.34. The van der Waals surface area contributed by atoms with E-state index in [0.29, 0.717) is 12.1 Å². The molecule has 1 saturated carbocycles. The predicted molar refractivity (Wildman–Crippen MR) is 101 cm³/mol. The van der Waals surface area contributed by atoms with Crippen LogP contribution in [0.3, 0.4) is 0 Å². The highest BCUT2D eigenvalue weighted by Gasteiger charge is 2.41. The van der Waals surface area contributed by atoms with E-state index in [0.717, 1.165) is 24.8 Å². The number of benzene rings is 2. The van der Waals surface area contributed by atoms with Gasteiger partial charge < -0.3 is 10.2 Å². The fourth-order valence-corrected chi connectivity index (χ4v) is 4.13. The summed E-state index contributed by atoms with van der Waals surface area (Å²) in [6.07, 6.45) is 5.16. The molecule has 1 heterocycles. The zero-order valence-electron chi connectivity index (χ0n) is 14.9. The Morgan fingerprint density at radius 3 is 2.46 bits per heavy atom. The average molecular weight is 348 g/mol. The molecule has 0 unspecified atom stereocenters. The molecule has 0 saturated heterocycles. The minimum Gasteiger partial charge on any atom is -0.351 e. The molecule has 1 fully saturated rings. The summed E-state index contributed by atoms with van der Waals surface area (Å²) in [5, 5.41) is 3.18. The Balaban J connectivity index is 1.56. The Bertz CT molecular complexity index is 797. The Hall–Kier alpha value is -2.62. The molecule has 2 aliphatic rings. The Morgan fingerprint density at radius 1 is 1.00 bits per heavy atom.